The number of nitrogens with zero attached hydrogens (tertiary/aromatic N) is 2. The van der Waals surface area contributed by atoms with E-state index in [1.54, 1.807) is 0 Å². The Morgan fingerprint density at radius 1 is 1.33 bits per heavy atom. The molecule has 9 heteroatoms. The predicted molar refractivity (Wildman–Crippen MR) is 72.2 cm³/mol. The molecule has 110 valence electrons. The SMILES string of the molecule is CC(C(=O)O)N(C)C(=O)c1cnc2[nH]c(=O)[nH]c(=O)c2c1. The molecule has 0 radical (unpaired) electrons. The molecule has 0 aliphatic carbocycles. The molecule has 0 aromatic carbocycles. The van der Waals surface area contributed by atoms with E-state index in [0.717, 1.165) is 4.90 Å². The Morgan fingerprint density at radius 3 is 2.62 bits per heavy atom. The standard InChI is InChI=1S/C12H12N4O5/c1-5(11(19)20)16(2)10(18)6-3-7-8(13-4-6)14-12(21)15-9(7)17/h3-5H,1-2H3,(H,19,20)(H2,13,14,15,17,21). The Bertz CT molecular complexity index is 837. The predicted octanol–water partition coefficient (Wildman–Crippen LogP) is -0.843. The lowest BCUT2D eigenvalue weighted by Gasteiger charge is -2.21. The van der Waals surface area contributed by atoms with Crippen molar-refractivity contribution in [3.8, 4) is 0 Å². The van der Waals surface area contributed by atoms with E-state index in [2.05, 4.69) is 9.97 Å². The molecule has 1 unspecified atom stereocenters. The summed E-state index contributed by atoms with van der Waals surface area (Å²) in [6.07, 6.45) is 1.17. The second kappa shape index (κ2) is 5.19. The number of carboxylic acids is 1. The van der Waals surface area contributed by atoms with Crippen LogP contribution < -0.4 is 11.2 Å². The largest absolute Gasteiger partial charge is 0.480 e. The van der Waals surface area contributed by atoms with Crippen LogP contribution in [0, 0.1) is 0 Å². The highest BCUT2D eigenvalue weighted by Gasteiger charge is 2.23. The maximum Gasteiger partial charge on any atom is 0.327 e. The number of carbonyl (C=O) groups is 2. The zero-order chi connectivity index (χ0) is 15.7. The van der Waals surface area contributed by atoms with Crippen molar-refractivity contribution in [1.29, 1.82) is 0 Å². The topological polar surface area (TPSA) is 136 Å². The van der Waals surface area contributed by atoms with E-state index in [1.807, 2.05) is 4.98 Å². The number of fused-ring (bicyclic) bond motifs is 1. The first-order valence-corrected chi connectivity index (χ1v) is 5.93. The Labute approximate surface area is 117 Å². The van der Waals surface area contributed by atoms with Gasteiger partial charge in [-0.2, -0.15) is 0 Å². The summed E-state index contributed by atoms with van der Waals surface area (Å²) in [6, 6.07) is 0.229. The van der Waals surface area contributed by atoms with Crippen molar-refractivity contribution in [3.05, 3.63) is 38.7 Å². The summed E-state index contributed by atoms with van der Waals surface area (Å²) < 4.78 is 0. The van der Waals surface area contributed by atoms with E-state index < -0.39 is 29.2 Å². The normalized spacial score (nSPS) is 12.1. The number of pyridine rings is 1. The summed E-state index contributed by atoms with van der Waals surface area (Å²) in [5.41, 5.74) is -1.27. The number of likely N-dealkylation sites (N-methyl/N-ethyl adjacent to an activating group) is 1. The molecular formula is C12H12N4O5. The van der Waals surface area contributed by atoms with E-state index >= 15 is 0 Å². The first kappa shape index (κ1) is 14.4. The van der Waals surface area contributed by atoms with Gasteiger partial charge in [0.1, 0.15) is 11.7 Å². The van der Waals surface area contributed by atoms with Gasteiger partial charge in [0.05, 0.1) is 10.9 Å². The van der Waals surface area contributed by atoms with Crippen LogP contribution in [0.4, 0.5) is 0 Å². The highest BCUT2D eigenvalue weighted by molar-refractivity contribution is 5.98. The monoisotopic (exact) mass is 292 g/mol. The fourth-order valence-electron chi connectivity index (χ4n) is 1.71. The third kappa shape index (κ3) is 2.66. The van der Waals surface area contributed by atoms with Crippen LogP contribution in [0.2, 0.25) is 0 Å². The number of rotatable bonds is 3. The lowest BCUT2D eigenvalue weighted by molar-refractivity contribution is -0.141. The number of nitrogens with one attached hydrogen (secondary N) is 2. The fourth-order valence-corrected chi connectivity index (χ4v) is 1.71. The average Bonchev–Trinajstić information content (AvgIpc) is 2.44. The molecule has 2 heterocycles. The van der Waals surface area contributed by atoms with Gasteiger partial charge in [0.25, 0.3) is 11.5 Å². The third-order valence-electron chi connectivity index (χ3n) is 3.10. The number of H-pyrrole nitrogens is 2. The van der Waals surface area contributed by atoms with Crippen LogP contribution in [0.5, 0.6) is 0 Å². The van der Waals surface area contributed by atoms with E-state index in [0.29, 0.717) is 0 Å². The Kier molecular flexibility index (Phi) is 3.57. The van der Waals surface area contributed by atoms with Crippen molar-refractivity contribution < 1.29 is 14.7 Å². The van der Waals surface area contributed by atoms with Gasteiger partial charge in [-0.15, -0.1) is 0 Å². The Balaban J connectivity index is 2.48. The fraction of sp³-hybridized carbons (Fsp3) is 0.250. The molecular weight excluding hydrogens is 280 g/mol. The molecule has 21 heavy (non-hydrogen) atoms. The van der Waals surface area contributed by atoms with E-state index in [1.165, 1.54) is 26.2 Å². The van der Waals surface area contributed by atoms with Crippen LogP contribution in [0.15, 0.2) is 21.9 Å². The van der Waals surface area contributed by atoms with Crippen molar-refractivity contribution in [3.63, 3.8) is 0 Å². The molecule has 0 spiro atoms. The van der Waals surface area contributed by atoms with Crippen LogP contribution in [0.3, 0.4) is 0 Å². The summed E-state index contributed by atoms with van der Waals surface area (Å²) in [4.78, 5) is 55.0. The number of carbonyl (C=O) groups excluding carboxylic acids is 1. The average molecular weight is 292 g/mol. The molecule has 0 saturated heterocycles. The van der Waals surface area contributed by atoms with E-state index in [9.17, 15) is 19.2 Å². The summed E-state index contributed by atoms with van der Waals surface area (Å²) in [7, 11) is 1.34. The van der Waals surface area contributed by atoms with Gasteiger partial charge in [0, 0.05) is 13.2 Å². The van der Waals surface area contributed by atoms with Crippen molar-refractivity contribution in [2.24, 2.45) is 0 Å². The van der Waals surface area contributed by atoms with Gasteiger partial charge >= 0.3 is 11.7 Å². The number of aromatic amines is 2. The minimum atomic E-state index is -1.15. The minimum Gasteiger partial charge on any atom is -0.480 e. The molecule has 0 saturated carbocycles. The van der Waals surface area contributed by atoms with Crippen LogP contribution in [-0.4, -0.2) is 49.9 Å². The van der Waals surface area contributed by atoms with Gasteiger partial charge in [0.15, 0.2) is 0 Å². The second-order valence-corrected chi connectivity index (χ2v) is 4.46. The molecule has 0 aliphatic rings. The first-order valence-electron chi connectivity index (χ1n) is 5.93. The van der Waals surface area contributed by atoms with Crippen LogP contribution in [-0.2, 0) is 4.79 Å². The molecule has 0 bridgehead atoms. The highest BCUT2D eigenvalue weighted by Crippen LogP contribution is 2.09. The van der Waals surface area contributed by atoms with Crippen molar-refractivity contribution in [1.82, 2.24) is 19.9 Å². The van der Waals surface area contributed by atoms with Gasteiger partial charge in [-0.1, -0.05) is 0 Å². The lowest BCUT2D eigenvalue weighted by Crippen LogP contribution is -2.40. The molecule has 0 fully saturated rings. The summed E-state index contributed by atoms with van der Waals surface area (Å²) in [5.74, 6) is -1.74. The van der Waals surface area contributed by atoms with Gasteiger partial charge < -0.3 is 10.0 Å². The van der Waals surface area contributed by atoms with Gasteiger partial charge in [-0.3, -0.25) is 19.6 Å². The van der Waals surface area contributed by atoms with Crippen molar-refractivity contribution in [2.45, 2.75) is 13.0 Å². The van der Waals surface area contributed by atoms with Crippen LogP contribution in [0.1, 0.15) is 17.3 Å². The summed E-state index contributed by atoms with van der Waals surface area (Å²) in [5, 5.41) is 8.93. The quantitative estimate of drug-likeness (QED) is 0.674. The number of amides is 1. The van der Waals surface area contributed by atoms with E-state index in [-0.39, 0.29) is 16.6 Å². The molecule has 1 atom stereocenters. The minimum absolute atomic E-state index is 0.0387. The van der Waals surface area contributed by atoms with Gasteiger partial charge in [-0.25, -0.2) is 14.6 Å². The summed E-state index contributed by atoms with van der Waals surface area (Å²) in [6.45, 7) is 1.36. The number of hydrogen-bond acceptors (Lipinski definition) is 5. The second-order valence-electron chi connectivity index (χ2n) is 4.46. The van der Waals surface area contributed by atoms with Crippen molar-refractivity contribution >= 4 is 22.9 Å². The van der Waals surface area contributed by atoms with Crippen LogP contribution in [0.25, 0.3) is 11.0 Å². The zero-order valence-corrected chi connectivity index (χ0v) is 11.2. The van der Waals surface area contributed by atoms with Crippen LogP contribution >= 0.6 is 0 Å². The molecule has 0 aliphatic heterocycles. The van der Waals surface area contributed by atoms with Crippen molar-refractivity contribution in [2.75, 3.05) is 7.05 Å². The number of carboxylic acid groups (broad SMARTS) is 1. The zero-order valence-electron chi connectivity index (χ0n) is 11.2. The third-order valence-corrected chi connectivity index (χ3v) is 3.10. The Hall–Kier alpha value is -2.97. The number of aliphatic carboxylic acids is 1. The molecule has 2 aromatic rings. The van der Waals surface area contributed by atoms with Gasteiger partial charge in [0.2, 0.25) is 0 Å². The maximum atomic E-state index is 12.2. The smallest absolute Gasteiger partial charge is 0.327 e. The molecule has 2 aromatic heterocycles. The molecule has 3 N–H and O–H groups in total. The Morgan fingerprint density at radius 2 is 2.00 bits per heavy atom. The van der Waals surface area contributed by atoms with Gasteiger partial charge in [-0.05, 0) is 13.0 Å². The number of aromatic nitrogens is 3. The molecule has 9 nitrogen and oxygen atoms in total. The van der Waals surface area contributed by atoms with E-state index in [4.69, 9.17) is 5.11 Å². The maximum absolute atomic E-state index is 12.2. The molecule has 1 amide bonds. The lowest BCUT2D eigenvalue weighted by atomic mass is 10.2. The highest BCUT2D eigenvalue weighted by atomic mass is 16.4. The molecule has 2 rings (SSSR count). The summed E-state index contributed by atoms with van der Waals surface area (Å²) >= 11 is 0. The first-order chi connectivity index (χ1) is 9.81. The number of hydrogen-bond donors (Lipinski definition) is 3.